The molecule has 0 spiro atoms. The monoisotopic (exact) mass is 429 g/mol. The number of benzene rings is 2. The van der Waals surface area contributed by atoms with Crippen molar-refractivity contribution in [2.24, 2.45) is 0 Å². The van der Waals surface area contributed by atoms with Crippen LogP contribution in [0.2, 0.25) is 0 Å². The van der Waals surface area contributed by atoms with Gasteiger partial charge in [0.25, 0.3) is 11.5 Å². The molecular formula is C25H23N3O2S. The van der Waals surface area contributed by atoms with Crippen LogP contribution in [0.25, 0.3) is 10.8 Å². The van der Waals surface area contributed by atoms with Crippen LogP contribution in [0.15, 0.2) is 70.8 Å². The first-order chi connectivity index (χ1) is 15.1. The zero-order valence-corrected chi connectivity index (χ0v) is 18.3. The van der Waals surface area contributed by atoms with E-state index in [0.29, 0.717) is 23.0 Å². The van der Waals surface area contributed by atoms with E-state index in [2.05, 4.69) is 28.7 Å². The molecule has 6 heteroatoms. The van der Waals surface area contributed by atoms with Gasteiger partial charge < -0.3 is 4.90 Å². The summed E-state index contributed by atoms with van der Waals surface area (Å²) in [4.78, 5) is 30.1. The minimum atomic E-state index is -0.166. The van der Waals surface area contributed by atoms with Crippen LogP contribution in [-0.4, -0.2) is 27.1 Å². The van der Waals surface area contributed by atoms with E-state index >= 15 is 0 Å². The first-order valence-electron chi connectivity index (χ1n) is 10.5. The summed E-state index contributed by atoms with van der Waals surface area (Å²) in [5.74, 6) is -0.142. The van der Waals surface area contributed by atoms with Crippen molar-refractivity contribution in [2.75, 3.05) is 6.54 Å². The van der Waals surface area contributed by atoms with E-state index in [4.69, 9.17) is 0 Å². The first kappa shape index (κ1) is 19.7. The molecule has 1 amide bonds. The molecule has 1 aliphatic heterocycles. The molecule has 0 bridgehead atoms. The summed E-state index contributed by atoms with van der Waals surface area (Å²) < 4.78 is 1.42. The molecule has 1 atom stereocenters. The van der Waals surface area contributed by atoms with Crippen molar-refractivity contribution in [3.63, 3.8) is 0 Å². The van der Waals surface area contributed by atoms with Crippen molar-refractivity contribution in [1.29, 1.82) is 0 Å². The third-order valence-electron chi connectivity index (χ3n) is 5.86. The van der Waals surface area contributed by atoms with Gasteiger partial charge in [-0.25, -0.2) is 4.68 Å². The van der Waals surface area contributed by atoms with E-state index in [0.717, 1.165) is 12.0 Å². The lowest BCUT2D eigenvalue weighted by atomic mass is 9.92. The fourth-order valence-electron chi connectivity index (χ4n) is 4.38. The highest BCUT2D eigenvalue weighted by Gasteiger charge is 2.35. The minimum absolute atomic E-state index is 0.140. The van der Waals surface area contributed by atoms with E-state index in [-0.39, 0.29) is 23.6 Å². The molecule has 3 heterocycles. The van der Waals surface area contributed by atoms with Crippen LogP contribution in [0.1, 0.15) is 52.4 Å². The molecule has 5 nitrogen and oxygen atoms in total. The van der Waals surface area contributed by atoms with E-state index in [9.17, 15) is 9.59 Å². The van der Waals surface area contributed by atoms with Crippen molar-refractivity contribution in [3.05, 3.63) is 98.1 Å². The van der Waals surface area contributed by atoms with E-state index in [1.807, 2.05) is 55.1 Å². The molecule has 0 fully saturated rings. The van der Waals surface area contributed by atoms with Gasteiger partial charge in [-0.05, 0) is 48.9 Å². The minimum Gasteiger partial charge on any atom is -0.326 e. The van der Waals surface area contributed by atoms with Crippen LogP contribution < -0.4 is 5.56 Å². The molecule has 156 valence electrons. The van der Waals surface area contributed by atoms with E-state index in [1.54, 1.807) is 17.4 Å². The van der Waals surface area contributed by atoms with Crippen molar-refractivity contribution >= 4 is 28.0 Å². The van der Waals surface area contributed by atoms with Crippen LogP contribution in [0.3, 0.4) is 0 Å². The number of aromatic nitrogens is 2. The standard InChI is InChI=1S/C25H23N3O2S/c1-16(2)28-24(29)19-11-7-6-10-18(19)22(26-28)25(30)27-14-12-21-20(13-15-31-21)23(27)17-8-4-3-5-9-17/h3-11,13,15-16,23H,12,14H2,1-2H3. The zero-order chi connectivity index (χ0) is 21.5. The predicted molar refractivity (Wildman–Crippen MR) is 124 cm³/mol. The normalized spacial score (nSPS) is 16.0. The predicted octanol–water partition coefficient (Wildman–Crippen LogP) is 4.83. The van der Waals surface area contributed by atoms with Gasteiger partial charge in [0.2, 0.25) is 0 Å². The Morgan fingerprint density at radius 3 is 2.48 bits per heavy atom. The highest BCUT2D eigenvalue weighted by molar-refractivity contribution is 7.10. The Hall–Kier alpha value is -3.25. The molecule has 2 aromatic carbocycles. The average molecular weight is 430 g/mol. The van der Waals surface area contributed by atoms with Crippen molar-refractivity contribution in [3.8, 4) is 0 Å². The number of hydrogen-bond donors (Lipinski definition) is 0. The molecule has 0 radical (unpaired) electrons. The maximum absolute atomic E-state index is 14.0. The Bertz CT molecular complexity index is 1320. The number of amides is 1. The molecule has 0 saturated carbocycles. The van der Waals surface area contributed by atoms with Gasteiger partial charge in [-0.15, -0.1) is 11.3 Å². The summed E-state index contributed by atoms with van der Waals surface area (Å²) >= 11 is 1.75. The molecule has 0 N–H and O–H groups in total. The maximum atomic E-state index is 14.0. The summed E-state index contributed by atoms with van der Waals surface area (Å²) in [5, 5.41) is 7.80. The molecular weight excluding hydrogens is 406 g/mol. The highest BCUT2D eigenvalue weighted by atomic mass is 32.1. The first-order valence-corrected chi connectivity index (χ1v) is 11.4. The van der Waals surface area contributed by atoms with Gasteiger partial charge in [0, 0.05) is 16.8 Å². The maximum Gasteiger partial charge on any atom is 0.275 e. The van der Waals surface area contributed by atoms with Crippen LogP contribution in [0, 0.1) is 0 Å². The lowest BCUT2D eigenvalue weighted by molar-refractivity contribution is 0.0689. The summed E-state index contributed by atoms with van der Waals surface area (Å²) in [6.45, 7) is 4.42. The number of thiophene rings is 1. The zero-order valence-electron chi connectivity index (χ0n) is 17.5. The van der Waals surface area contributed by atoms with Gasteiger partial charge in [-0.2, -0.15) is 5.10 Å². The van der Waals surface area contributed by atoms with Crippen LogP contribution in [0.4, 0.5) is 0 Å². The Morgan fingerprint density at radius 2 is 1.74 bits per heavy atom. The molecule has 31 heavy (non-hydrogen) atoms. The number of nitrogens with zero attached hydrogens (tertiary/aromatic N) is 3. The van der Waals surface area contributed by atoms with E-state index in [1.165, 1.54) is 15.1 Å². The fourth-order valence-corrected chi connectivity index (χ4v) is 5.28. The molecule has 0 aliphatic carbocycles. The van der Waals surface area contributed by atoms with Gasteiger partial charge in [0.05, 0.1) is 17.5 Å². The second-order valence-corrected chi connectivity index (χ2v) is 9.10. The van der Waals surface area contributed by atoms with E-state index < -0.39 is 0 Å². The third kappa shape index (κ3) is 3.27. The lowest BCUT2D eigenvalue weighted by Crippen LogP contribution is -2.41. The van der Waals surface area contributed by atoms with Crippen molar-refractivity contribution in [1.82, 2.24) is 14.7 Å². The van der Waals surface area contributed by atoms with Crippen LogP contribution in [0.5, 0.6) is 0 Å². The summed E-state index contributed by atoms with van der Waals surface area (Å²) in [6, 6.07) is 19.2. The molecule has 5 rings (SSSR count). The molecule has 0 saturated heterocycles. The molecule has 1 unspecified atom stereocenters. The summed E-state index contributed by atoms with van der Waals surface area (Å²) in [7, 11) is 0. The quantitative estimate of drug-likeness (QED) is 0.469. The number of hydrogen-bond acceptors (Lipinski definition) is 4. The lowest BCUT2D eigenvalue weighted by Gasteiger charge is -2.36. The van der Waals surface area contributed by atoms with Crippen molar-refractivity contribution in [2.45, 2.75) is 32.4 Å². The Balaban J connectivity index is 1.69. The topological polar surface area (TPSA) is 55.2 Å². The van der Waals surface area contributed by atoms with Gasteiger partial charge in [0.1, 0.15) is 0 Å². The van der Waals surface area contributed by atoms with Gasteiger partial charge in [-0.1, -0.05) is 48.5 Å². The SMILES string of the molecule is CC(C)n1nc(C(=O)N2CCc3sccc3C2c2ccccc2)c2ccccc2c1=O. The average Bonchev–Trinajstić information content (AvgIpc) is 3.27. The van der Waals surface area contributed by atoms with Gasteiger partial charge in [-0.3, -0.25) is 9.59 Å². The number of fused-ring (bicyclic) bond motifs is 2. The van der Waals surface area contributed by atoms with Gasteiger partial charge in [0.15, 0.2) is 5.69 Å². The number of carbonyl (C=O) groups excluding carboxylic acids is 1. The number of rotatable bonds is 3. The second kappa shape index (κ2) is 7.78. The molecule has 1 aliphatic rings. The Kier molecular flexibility index (Phi) is 4.94. The largest absolute Gasteiger partial charge is 0.326 e. The smallest absolute Gasteiger partial charge is 0.275 e. The van der Waals surface area contributed by atoms with Crippen molar-refractivity contribution < 1.29 is 4.79 Å². The van der Waals surface area contributed by atoms with Crippen LogP contribution in [-0.2, 0) is 6.42 Å². The molecule has 4 aromatic rings. The Labute approximate surface area is 184 Å². The second-order valence-electron chi connectivity index (χ2n) is 8.10. The third-order valence-corrected chi connectivity index (χ3v) is 6.86. The summed E-state index contributed by atoms with van der Waals surface area (Å²) in [5.41, 5.74) is 2.43. The Morgan fingerprint density at radius 1 is 1.03 bits per heavy atom. The van der Waals surface area contributed by atoms with Gasteiger partial charge >= 0.3 is 0 Å². The van der Waals surface area contributed by atoms with Crippen LogP contribution >= 0.6 is 11.3 Å². The fraction of sp³-hybridized carbons (Fsp3) is 0.240. The highest BCUT2D eigenvalue weighted by Crippen LogP contribution is 2.38. The molecule has 2 aromatic heterocycles. The number of carbonyl (C=O) groups is 1. The summed E-state index contributed by atoms with van der Waals surface area (Å²) in [6.07, 6.45) is 0.823.